The van der Waals surface area contributed by atoms with Gasteiger partial charge in [0.05, 0.1) is 11.4 Å². The summed E-state index contributed by atoms with van der Waals surface area (Å²) in [5, 5.41) is 8.79. The van der Waals surface area contributed by atoms with Crippen LogP contribution in [0.15, 0.2) is 58.8 Å². The van der Waals surface area contributed by atoms with Gasteiger partial charge in [-0.05, 0) is 73.1 Å². The molecule has 0 heterocycles. The lowest BCUT2D eigenvalue weighted by Gasteiger charge is -2.34. The van der Waals surface area contributed by atoms with E-state index in [9.17, 15) is 0 Å². The van der Waals surface area contributed by atoms with Crippen molar-refractivity contribution in [3.63, 3.8) is 0 Å². The van der Waals surface area contributed by atoms with Crippen LogP contribution in [0.1, 0.15) is 50.3 Å². The summed E-state index contributed by atoms with van der Waals surface area (Å²) < 4.78 is 0. The molecule has 0 unspecified atom stereocenters. The molecule has 0 radical (unpaired) electrons. The Morgan fingerprint density at radius 2 is 1.61 bits per heavy atom. The topological polar surface area (TPSA) is 24.7 Å². The van der Waals surface area contributed by atoms with Crippen LogP contribution in [0.25, 0.3) is 5.57 Å². The quantitative estimate of drug-likeness (QED) is 0.540. The summed E-state index contributed by atoms with van der Waals surface area (Å²) in [5.41, 5.74) is 7.45. The van der Waals surface area contributed by atoms with Gasteiger partial charge in [-0.3, -0.25) is 0 Å². The highest BCUT2D eigenvalue weighted by Crippen LogP contribution is 2.43. The number of fused-ring (bicyclic) bond motifs is 1. The highest BCUT2D eigenvalue weighted by atomic mass is 15.1. The minimum Gasteiger partial charge on any atom is -0.151 e. The highest BCUT2D eigenvalue weighted by Gasteiger charge is 2.29. The molecule has 0 amide bonds. The lowest BCUT2D eigenvalue weighted by atomic mass is 9.71. The first-order chi connectivity index (χ1) is 11.0. The van der Waals surface area contributed by atoms with Crippen LogP contribution < -0.4 is 0 Å². The predicted octanol–water partition coefficient (Wildman–Crippen LogP) is 6.89. The van der Waals surface area contributed by atoms with Crippen LogP contribution in [0.3, 0.4) is 0 Å². The maximum absolute atomic E-state index is 4.43. The van der Waals surface area contributed by atoms with E-state index in [1.54, 1.807) is 0 Å². The molecule has 2 aromatic carbocycles. The third-order valence-electron chi connectivity index (χ3n) is 4.76. The fourth-order valence-corrected chi connectivity index (χ4v) is 3.19. The van der Waals surface area contributed by atoms with Crippen molar-refractivity contribution in [1.82, 2.24) is 0 Å². The van der Waals surface area contributed by atoms with Gasteiger partial charge in [-0.25, -0.2) is 0 Å². The Bertz CT molecular complexity index is 765. The molecule has 2 heteroatoms. The number of azo groups is 1. The normalized spacial score (nSPS) is 18.3. The molecule has 0 N–H and O–H groups in total. The van der Waals surface area contributed by atoms with Crippen molar-refractivity contribution in [3.8, 4) is 0 Å². The van der Waals surface area contributed by atoms with Crippen molar-refractivity contribution < 1.29 is 0 Å². The Labute approximate surface area is 139 Å². The monoisotopic (exact) mass is 304 g/mol. The van der Waals surface area contributed by atoms with Gasteiger partial charge in [0.25, 0.3) is 0 Å². The van der Waals surface area contributed by atoms with E-state index >= 15 is 0 Å². The van der Waals surface area contributed by atoms with Gasteiger partial charge in [0.2, 0.25) is 0 Å². The number of aryl methyl sites for hydroxylation is 1. The van der Waals surface area contributed by atoms with Crippen LogP contribution in [-0.2, 0) is 5.41 Å². The molecule has 0 spiro atoms. The predicted molar refractivity (Wildman–Crippen MR) is 97.7 cm³/mol. The number of nitrogens with zero attached hydrogens (tertiary/aromatic N) is 2. The minimum atomic E-state index is 0.231. The van der Waals surface area contributed by atoms with Crippen molar-refractivity contribution in [1.29, 1.82) is 0 Å². The molecule has 0 bridgehead atoms. The summed E-state index contributed by atoms with van der Waals surface area (Å²) >= 11 is 0. The fraction of sp³-hybridized carbons (Fsp3) is 0.333. The van der Waals surface area contributed by atoms with Gasteiger partial charge >= 0.3 is 0 Å². The third-order valence-corrected chi connectivity index (χ3v) is 4.76. The number of hydrogen-bond acceptors (Lipinski definition) is 2. The van der Waals surface area contributed by atoms with Crippen LogP contribution >= 0.6 is 0 Å². The van der Waals surface area contributed by atoms with Crippen molar-refractivity contribution in [2.24, 2.45) is 10.2 Å². The van der Waals surface area contributed by atoms with Crippen LogP contribution in [0.4, 0.5) is 11.4 Å². The van der Waals surface area contributed by atoms with E-state index in [1.807, 2.05) is 12.1 Å². The summed E-state index contributed by atoms with van der Waals surface area (Å²) in [6.45, 7) is 8.85. The molecule has 3 rings (SSSR count). The average Bonchev–Trinajstić information content (AvgIpc) is 2.54. The van der Waals surface area contributed by atoms with E-state index in [0.717, 1.165) is 17.8 Å². The summed E-state index contributed by atoms with van der Waals surface area (Å²) in [6.07, 6.45) is 4.56. The van der Waals surface area contributed by atoms with Crippen molar-refractivity contribution in [3.05, 3.63) is 65.2 Å². The van der Waals surface area contributed by atoms with Crippen molar-refractivity contribution in [2.75, 3.05) is 0 Å². The molecule has 2 aromatic rings. The van der Waals surface area contributed by atoms with E-state index in [2.05, 4.69) is 74.3 Å². The second kappa shape index (κ2) is 6.11. The zero-order valence-electron chi connectivity index (χ0n) is 14.4. The van der Waals surface area contributed by atoms with E-state index < -0.39 is 0 Å². The largest absolute Gasteiger partial charge is 0.151 e. The SMILES string of the molecule is C/C=C1/CCC(C)(C)c2ccc(N=Nc3ccc(C)cc3)cc21. The van der Waals surface area contributed by atoms with E-state index in [-0.39, 0.29) is 5.41 Å². The maximum Gasteiger partial charge on any atom is 0.0863 e. The molecule has 0 aromatic heterocycles. The third kappa shape index (κ3) is 3.26. The molecule has 0 aliphatic heterocycles. The number of hydrogen-bond donors (Lipinski definition) is 0. The molecule has 1 aliphatic rings. The van der Waals surface area contributed by atoms with Gasteiger partial charge in [0.15, 0.2) is 0 Å². The molecule has 0 saturated heterocycles. The molecule has 1 aliphatic carbocycles. The van der Waals surface area contributed by atoms with Crippen LogP contribution in [-0.4, -0.2) is 0 Å². The van der Waals surface area contributed by atoms with Crippen LogP contribution in [0.5, 0.6) is 0 Å². The van der Waals surface area contributed by atoms with Gasteiger partial charge in [0.1, 0.15) is 0 Å². The lowest BCUT2D eigenvalue weighted by Crippen LogP contribution is -2.23. The number of allylic oxidation sites excluding steroid dienone is 2. The Morgan fingerprint density at radius 3 is 2.30 bits per heavy atom. The number of benzene rings is 2. The second-order valence-electron chi connectivity index (χ2n) is 6.96. The van der Waals surface area contributed by atoms with E-state index in [4.69, 9.17) is 0 Å². The average molecular weight is 304 g/mol. The van der Waals surface area contributed by atoms with E-state index in [0.29, 0.717) is 0 Å². The minimum absolute atomic E-state index is 0.231. The Morgan fingerprint density at radius 1 is 0.957 bits per heavy atom. The Balaban J connectivity index is 1.95. The smallest absolute Gasteiger partial charge is 0.0863 e. The first-order valence-electron chi connectivity index (χ1n) is 8.28. The van der Waals surface area contributed by atoms with Crippen LogP contribution in [0, 0.1) is 6.92 Å². The van der Waals surface area contributed by atoms with Gasteiger partial charge in [0, 0.05) is 0 Å². The molecular weight excluding hydrogens is 280 g/mol. The highest BCUT2D eigenvalue weighted by molar-refractivity contribution is 5.73. The zero-order valence-corrected chi connectivity index (χ0v) is 14.4. The Kier molecular flexibility index (Phi) is 4.16. The first kappa shape index (κ1) is 15.7. The molecule has 0 atom stereocenters. The second-order valence-corrected chi connectivity index (χ2v) is 6.96. The molecule has 118 valence electrons. The fourth-order valence-electron chi connectivity index (χ4n) is 3.19. The van der Waals surface area contributed by atoms with Crippen molar-refractivity contribution >= 4 is 16.9 Å². The van der Waals surface area contributed by atoms with Gasteiger partial charge in [-0.1, -0.05) is 43.7 Å². The molecule has 23 heavy (non-hydrogen) atoms. The van der Waals surface area contributed by atoms with Crippen molar-refractivity contribution in [2.45, 2.75) is 46.0 Å². The zero-order chi connectivity index (χ0) is 16.4. The van der Waals surface area contributed by atoms with Gasteiger partial charge in [-0.15, -0.1) is 0 Å². The summed E-state index contributed by atoms with van der Waals surface area (Å²) in [7, 11) is 0. The van der Waals surface area contributed by atoms with Gasteiger partial charge < -0.3 is 0 Å². The maximum atomic E-state index is 4.43. The molecule has 0 fully saturated rings. The lowest BCUT2D eigenvalue weighted by molar-refractivity contribution is 0.474. The summed E-state index contributed by atoms with van der Waals surface area (Å²) in [6, 6.07) is 14.6. The molecule has 2 nitrogen and oxygen atoms in total. The van der Waals surface area contributed by atoms with Gasteiger partial charge in [-0.2, -0.15) is 10.2 Å². The summed E-state index contributed by atoms with van der Waals surface area (Å²) in [4.78, 5) is 0. The molecule has 0 saturated carbocycles. The molecular formula is C21H24N2. The van der Waals surface area contributed by atoms with E-state index in [1.165, 1.54) is 28.7 Å². The Hall–Kier alpha value is -2.22. The number of rotatable bonds is 2. The summed E-state index contributed by atoms with van der Waals surface area (Å²) in [5.74, 6) is 0. The van der Waals surface area contributed by atoms with Crippen LogP contribution in [0.2, 0.25) is 0 Å². The standard InChI is InChI=1S/C21H24N2/c1-5-16-12-13-21(3,4)20-11-10-18(14-19(16)20)23-22-17-8-6-15(2)7-9-17/h5-11,14H,12-13H2,1-4H3/b16-5-,23-22?. The first-order valence-corrected chi connectivity index (χ1v) is 8.28.